The van der Waals surface area contributed by atoms with Crippen LogP contribution in [0.1, 0.15) is 25.0 Å². The van der Waals surface area contributed by atoms with Crippen molar-refractivity contribution in [2.75, 3.05) is 13.2 Å². The molecule has 0 spiro atoms. The van der Waals surface area contributed by atoms with Crippen molar-refractivity contribution in [1.82, 2.24) is 0 Å². The second-order valence-electron chi connectivity index (χ2n) is 9.02. The van der Waals surface area contributed by atoms with Crippen LogP contribution in [0.25, 0.3) is 32.3 Å². The fraction of sp³-hybridized carbons (Fsp3) is 0.103. The van der Waals surface area contributed by atoms with Crippen LogP contribution in [0.5, 0.6) is 0 Å². The van der Waals surface area contributed by atoms with Gasteiger partial charge in [0, 0.05) is 0 Å². The molecule has 0 atom stereocenters. The molecule has 7 rings (SSSR count). The molecule has 0 N–H and O–H groups in total. The summed E-state index contributed by atoms with van der Waals surface area (Å²) in [6, 6.07) is 54.6. The minimum atomic E-state index is 0. The maximum absolute atomic E-state index is 8.93. The summed E-state index contributed by atoms with van der Waals surface area (Å²) < 4.78 is 0. The van der Waals surface area contributed by atoms with Gasteiger partial charge in [-0.05, 0) is 0 Å². The molecule has 3 heteroatoms. The summed E-state index contributed by atoms with van der Waals surface area (Å²) in [4.78, 5) is 0. The Hall–Kier alpha value is -3.75. The van der Waals surface area contributed by atoms with Gasteiger partial charge in [-0.2, -0.15) is 17.5 Å². The van der Waals surface area contributed by atoms with Crippen LogP contribution in [0, 0.1) is 6.42 Å². The first-order valence-electron chi connectivity index (χ1n) is 13.9. The molecule has 212 valence electrons. The largest absolute Gasteiger partial charge is 2.00 e. The van der Waals surface area contributed by atoms with E-state index in [-0.39, 0.29) is 39.4 Å². The van der Waals surface area contributed by atoms with Crippen LogP contribution < -0.4 is 10.2 Å². The van der Waals surface area contributed by atoms with E-state index in [2.05, 4.69) is 152 Å². The second-order valence-corrected chi connectivity index (χ2v) is 9.02. The van der Waals surface area contributed by atoms with Crippen LogP contribution in [-0.2, 0) is 26.2 Å². The van der Waals surface area contributed by atoms with E-state index >= 15 is 0 Å². The zero-order chi connectivity index (χ0) is 29.1. The molecule has 0 bridgehead atoms. The molecular weight excluding hydrogens is 592 g/mol. The van der Waals surface area contributed by atoms with Gasteiger partial charge in [-0.15, -0.1) is 124 Å². The van der Waals surface area contributed by atoms with Gasteiger partial charge in [0.25, 0.3) is 0 Å². The third-order valence-electron chi connectivity index (χ3n) is 6.00. The molecule has 0 saturated carbocycles. The Morgan fingerprint density at radius 3 is 1.33 bits per heavy atom. The van der Waals surface area contributed by atoms with Crippen LogP contribution in [0.4, 0.5) is 0 Å². The molecule has 0 heterocycles. The normalized spacial score (nSPS) is 9.43. The van der Waals surface area contributed by atoms with Crippen molar-refractivity contribution in [3.63, 3.8) is 0 Å². The topological polar surface area (TPSA) is 46.1 Å². The average Bonchev–Trinajstić information content (AvgIpc) is 3.65. The van der Waals surface area contributed by atoms with E-state index in [4.69, 9.17) is 10.2 Å². The molecule has 0 aliphatic heterocycles. The third kappa shape index (κ3) is 11.3. The van der Waals surface area contributed by atoms with Crippen molar-refractivity contribution in [1.29, 1.82) is 0 Å². The van der Waals surface area contributed by atoms with Gasteiger partial charge < -0.3 is 10.2 Å². The first kappa shape index (κ1) is 34.5. The van der Waals surface area contributed by atoms with Gasteiger partial charge in [-0.25, -0.2) is 0 Å². The summed E-state index contributed by atoms with van der Waals surface area (Å²) >= 11 is 0. The maximum atomic E-state index is 8.93. The molecule has 0 aliphatic carbocycles. The van der Waals surface area contributed by atoms with Gasteiger partial charge in [-0.1, -0.05) is 92.7 Å². The summed E-state index contributed by atoms with van der Waals surface area (Å²) in [6.45, 7) is 3.14. The van der Waals surface area contributed by atoms with Crippen LogP contribution in [0.15, 0.2) is 158 Å². The van der Waals surface area contributed by atoms with E-state index in [0.717, 1.165) is 0 Å². The van der Waals surface area contributed by atoms with Gasteiger partial charge in [-0.3, -0.25) is 0 Å². The molecule has 7 aromatic carbocycles. The Morgan fingerprint density at radius 2 is 0.881 bits per heavy atom. The maximum Gasteiger partial charge on any atom is 2.00 e. The minimum Gasteiger partial charge on any atom is -0.855 e. The Kier molecular flexibility index (Phi) is 16.6. The molecule has 7 aromatic rings. The SMILES string of the molecule is CC[O-].CC[O-].[Zr+2].c1ccc([CH-]c2ccccc2)cc1.c1ccc2[cH-]ccc2c1.c1ccc2c(c1)[cH-]c1ccccc12. The van der Waals surface area contributed by atoms with Crippen LogP contribution in [-0.4, -0.2) is 13.2 Å². The minimum absolute atomic E-state index is 0. The quantitative estimate of drug-likeness (QED) is 0.181. The average molecular weight is 629 g/mol. The first-order valence-corrected chi connectivity index (χ1v) is 13.9. The smallest absolute Gasteiger partial charge is 0.855 e. The standard InChI is InChI=1S/C13H9.C13H11.C9H7.2C2H5O.Zr/c1-3-7-12-10(5-1)9-11-6-2-4-8-13(11)12;1-3-7-12(8-4-1)11-13-9-5-2-6-10-13;1-2-5-9-7-3-6-8(9)4-1;2*1-2-3;/h1-9H;1-11H;1-7H;2*2H2,1H3;/q5*-1;+2. The van der Waals surface area contributed by atoms with Gasteiger partial charge >= 0.3 is 26.2 Å². The summed E-state index contributed by atoms with van der Waals surface area (Å²) in [5, 5.41) is 25.9. The van der Waals surface area contributed by atoms with E-state index in [1.54, 1.807) is 13.8 Å². The van der Waals surface area contributed by atoms with Crippen molar-refractivity contribution in [3.05, 3.63) is 175 Å². The van der Waals surface area contributed by atoms with E-state index in [0.29, 0.717) is 0 Å². The number of hydrogen-bond acceptors (Lipinski definition) is 2. The van der Waals surface area contributed by atoms with E-state index in [9.17, 15) is 0 Å². The Balaban J connectivity index is 0.000000201. The predicted molar refractivity (Wildman–Crippen MR) is 173 cm³/mol. The van der Waals surface area contributed by atoms with E-state index < -0.39 is 0 Å². The van der Waals surface area contributed by atoms with Crippen molar-refractivity contribution in [2.24, 2.45) is 0 Å². The molecule has 42 heavy (non-hydrogen) atoms. The van der Waals surface area contributed by atoms with E-state index in [1.807, 2.05) is 12.1 Å². The molecule has 0 saturated heterocycles. The summed E-state index contributed by atoms with van der Waals surface area (Å²) in [5.41, 5.74) is 2.49. The third-order valence-corrected chi connectivity index (χ3v) is 6.00. The Bertz CT molecular complexity index is 1530. The molecule has 0 amide bonds. The molecule has 2 nitrogen and oxygen atoms in total. The summed E-state index contributed by atoms with van der Waals surface area (Å²) in [5.74, 6) is 0. The van der Waals surface area contributed by atoms with Crippen molar-refractivity contribution >= 4 is 32.3 Å². The molecule has 0 radical (unpaired) electrons. The fourth-order valence-corrected chi connectivity index (χ4v) is 4.26. The van der Waals surface area contributed by atoms with Crippen LogP contribution >= 0.6 is 0 Å². The van der Waals surface area contributed by atoms with Gasteiger partial charge in [0.15, 0.2) is 0 Å². The zero-order valence-electron chi connectivity index (χ0n) is 24.3. The molecule has 0 fully saturated rings. The predicted octanol–water partition coefficient (Wildman–Crippen LogP) is 8.29. The molecule has 0 unspecified atom stereocenters. The number of fused-ring (bicyclic) bond motifs is 4. The fourth-order valence-electron chi connectivity index (χ4n) is 4.26. The Morgan fingerprint density at radius 1 is 0.500 bits per heavy atom. The number of hydrogen-bond donors (Lipinski definition) is 0. The Labute approximate surface area is 269 Å². The second kappa shape index (κ2) is 20.2. The van der Waals surface area contributed by atoms with Crippen LogP contribution in [0.3, 0.4) is 0 Å². The van der Waals surface area contributed by atoms with E-state index in [1.165, 1.54) is 43.4 Å². The zero-order valence-corrected chi connectivity index (χ0v) is 26.8. The summed E-state index contributed by atoms with van der Waals surface area (Å²) in [7, 11) is 0. The van der Waals surface area contributed by atoms with Crippen LogP contribution in [0.2, 0.25) is 0 Å². The van der Waals surface area contributed by atoms with Crippen molar-refractivity contribution < 1.29 is 36.4 Å². The van der Waals surface area contributed by atoms with Gasteiger partial charge in [0.2, 0.25) is 0 Å². The molecule has 0 aliphatic rings. The molecular formula is C39H37O2Zr-3. The first-order chi connectivity index (χ1) is 20.2. The molecule has 0 aromatic heterocycles. The number of rotatable bonds is 2. The van der Waals surface area contributed by atoms with Gasteiger partial charge in [0.05, 0.1) is 0 Å². The number of benzene rings is 5. The summed E-state index contributed by atoms with van der Waals surface area (Å²) in [6.07, 6.45) is 2.17. The van der Waals surface area contributed by atoms with Crippen molar-refractivity contribution in [3.8, 4) is 0 Å². The van der Waals surface area contributed by atoms with Gasteiger partial charge in [0.1, 0.15) is 0 Å². The van der Waals surface area contributed by atoms with Crippen molar-refractivity contribution in [2.45, 2.75) is 13.8 Å². The monoisotopic (exact) mass is 627 g/mol.